The maximum absolute atomic E-state index is 11.1. The molecular weight excluding hydrogens is 218 g/mol. The van der Waals surface area contributed by atoms with Gasteiger partial charge < -0.3 is 14.2 Å². The van der Waals surface area contributed by atoms with Gasteiger partial charge in [0.15, 0.2) is 17.4 Å². The number of Topliss-reactive ketones (excluding diaryl/α,β-unsaturated/α-hetero) is 1. The van der Waals surface area contributed by atoms with Crippen LogP contribution >= 0.6 is 0 Å². The summed E-state index contributed by atoms with van der Waals surface area (Å²) in [7, 11) is 2.14. The molecule has 5 nitrogen and oxygen atoms in total. The van der Waals surface area contributed by atoms with E-state index in [4.69, 9.17) is 4.42 Å². The molecule has 1 aliphatic rings. The van der Waals surface area contributed by atoms with E-state index < -0.39 is 0 Å². The first kappa shape index (κ1) is 12.3. The van der Waals surface area contributed by atoms with Gasteiger partial charge in [-0.25, -0.2) is 4.98 Å². The fourth-order valence-electron chi connectivity index (χ4n) is 1.91. The second kappa shape index (κ2) is 5.42. The second-order valence-electron chi connectivity index (χ2n) is 4.57. The molecule has 94 valence electrons. The number of piperazine rings is 1. The van der Waals surface area contributed by atoms with E-state index in [2.05, 4.69) is 21.8 Å². The van der Waals surface area contributed by atoms with Crippen LogP contribution in [0.25, 0.3) is 0 Å². The molecule has 0 bridgehead atoms. The predicted octanol–water partition coefficient (Wildman–Crippen LogP) is 0.667. The van der Waals surface area contributed by atoms with E-state index >= 15 is 0 Å². The molecule has 2 rings (SSSR count). The largest absolute Gasteiger partial charge is 0.438 e. The molecule has 0 atom stereocenters. The fraction of sp³-hybridized carbons (Fsp3) is 0.667. The van der Waals surface area contributed by atoms with Crippen LogP contribution in [-0.2, 0) is 6.42 Å². The van der Waals surface area contributed by atoms with Gasteiger partial charge in [-0.05, 0) is 7.05 Å². The van der Waals surface area contributed by atoms with Crippen LogP contribution in [0.15, 0.2) is 10.6 Å². The van der Waals surface area contributed by atoms with Crippen molar-refractivity contribution in [1.29, 1.82) is 0 Å². The second-order valence-corrected chi connectivity index (χ2v) is 4.57. The monoisotopic (exact) mass is 237 g/mol. The average Bonchev–Trinajstić information content (AvgIpc) is 2.77. The van der Waals surface area contributed by atoms with Gasteiger partial charge in [0.2, 0.25) is 0 Å². The molecular formula is C12H19N3O2. The van der Waals surface area contributed by atoms with E-state index in [9.17, 15) is 4.79 Å². The third-order valence-corrected chi connectivity index (χ3v) is 3.14. The summed E-state index contributed by atoms with van der Waals surface area (Å²) in [5.74, 6) is 0.954. The van der Waals surface area contributed by atoms with Gasteiger partial charge in [-0.2, -0.15) is 0 Å². The first-order valence-electron chi connectivity index (χ1n) is 6.01. The van der Waals surface area contributed by atoms with Crippen LogP contribution < -0.4 is 0 Å². The Bertz CT molecular complexity index is 381. The van der Waals surface area contributed by atoms with Crippen LogP contribution in [0.4, 0.5) is 0 Å². The summed E-state index contributed by atoms with van der Waals surface area (Å²) in [4.78, 5) is 19.9. The smallest absolute Gasteiger partial charge is 0.196 e. The average molecular weight is 237 g/mol. The van der Waals surface area contributed by atoms with Gasteiger partial charge in [-0.1, -0.05) is 0 Å². The lowest BCUT2D eigenvalue weighted by molar-refractivity contribution is 0.0984. The Labute approximate surface area is 101 Å². The van der Waals surface area contributed by atoms with Crippen LogP contribution in [-0.4, -0.2) is 60.3 Å². The van der Waals surface area contributed by atoms with Crippen LogP contribution in [0.3, 0.4) is 0 Å². The standard InChI is InChI=1S/C12H19N3O2/c1-10(16)11-9-13-12(17-11)3-4-15-7-5-14(2)6-8-15/h9H,3-8H2,1-2H3. The molecule has 0 aromatic carbocycles. The van der Waals surface area contributed by atoms with Gasteiger partial charge in [0, 0.05) is 46.1 Å². The lowest BCUT2D eigenvalue weighted by Gasteiger charge is -2.31. The van der Waals surface area contributed by atoms with Gasteiger partial charge >= 0.3 is 0 Å². The SMILES string of the molecule is CC(=O)c1cnc(CCN2CCN(C)CC2)o1. The Hall–Kier alpha value is -1.20. The number of rotatable bonds is 4. The third kappa shape index (κ3) is 3.38. The van der Waals surface area contributed by atoms with Gasteiger partial charge in [0.25, 0.3) is 0 Å². The molecule has 0 amide bonds. The molecule has 5 heteroatoms. The number of nitrogens with zero attached hydrogens (tertiary/aromatic N) is 3. The molecule has 0 N–H and O–H groups in total. The molecule has 0 unspecified atom stereocenters. The molecule has 1 aromatic heterocycles. The Morgan fingerprint density at radius 2 is 2.12 bits per heavy atom. The topological polar surface area (TPSA) is 49.6 Å². The van der Waals surface area contributed by atoms with E-state index in [1.165, 1.54) is 13.1 Å². The van der Waals surface area contributed by atoms with E-state index in [-0.39, 0.29) is 5.78 Å². The first-order chi connectivity index (χ1) is 8.15. The number of hydrogen-bond acceptors (Lipinski definition) is 5. The summed E-state index contributed by atoms with van der Waals surface area (Å²) in [6, 6.07) is 0. The summed E-state index contributed by atoms with van der Waals surface area (Å²) in [5.41, 5.74) is 0. The summed E-state index contributed by atoms with van der Waals surface area (Å²) in [6.45, 7) is 6.86. The van der Waals surface area contributed by atoms with Crippen molar-refractivity contribution in [3.63, 3.8) is 0 Å². The normalized spacial score (nSPS) is 18.5. The summed E-state index contributed by atoms with van der Waals surface area (Å²) < 4.78 is 5.36. The van der Waals surface area contributed by atoms with E-state index in [1.54, 1.807) is 0 Å². The van der Waals surface area contributed by atoms with Crippen molar-refractivity contribution in [1.82, 2.24) is 14.8 Å². The van der Waals surface area contributed by atoms with Gasteiger partial charge in [-0.15, -0.1) is 0 Å². The van der Waals surface area contributed by atoms with Crippen LogP contribution in [0, 0.1) is 0 Å². The zero-order valence-corrected chi connectivity index (χ0v) is 10.5. The van der Waals surface area contributed by atoms with Crippen LogP contribution in [0.2, 0.25) is 0 Å². The molecule has 17 heavy (non-hydrogen) atoms. The van der Waals surface area contributed by atoms with Gasteiger partial charge in [0.05, 0.1) is 6.20 Å². The van der Waals surface area contributed by atoms with Crippen molar-refractivity contribution in [2.45, 2.75) is 13.3 Å². The number of hydrogen-bond donors (Lipinski definition) is 0. The number of oxazole rings is 1. The highest BCUT2D eigenvalue weighted by Gasteiger charge is 2.14. The molecule has 0 saturated carbocycles. The number of ketones is 1. The maximum Gasteiger partial charge on any atom is 0.196 e. The lowest BCUT2D eigenvalue weighted by atomic mass is 10.3. The van der Waals surface area contributed by atoms with Crippen LogP contribution in [0.5, 0.6) is 0 Å². The number of likely N-dealkylation sites (N-methyl/N-ethyl adjacent to an activating group) is 1. The van der Waals surface area contributed by atoms with Crippen molar-refractivity contribution >= 4 is 5.78 Å². The number of aromatic nitrogens is 1. The Morgan fingerprint density at radius 1 is 1.41 bits per heavy atom. The zero-order valence-electron chi connectivity index (χ0n) is 10.5. The molecule has 1 aliphatic heterocycles. The molecule has 1 fully saturated rings. The zero-order chi connectivity index (χ0) is 12.3. The summed E-state index contributed by atoms with van der Waals surface area (Å²) in [5, 5.41) is 0. The Morgan fingerprint density at radius 3 is 2.71 bits per heavy atom. The Kier molecular flexibility index (Phi) is 3.91. The van der Waals surface area contributed by atoms with E-state index in [0.29, 0.717) is 11.7 Å². The minimum Gasteiger partial charge on any atom is -0.438 e. The molecule has 0 aliphatic carbocycles. The lowest BCUT2D eigenvalue weighted by Crippen LogP contribution is -2.45. The molecule has 0 radical (unpaired) electrons. The third-order valence-electron chi connectivity index (χ3n) is 3.14. The molecule has 2 heterocycles. The molecule has 1 saturated heterocycles. The van der Waals surface area contributed by atoms with E-state index in [1.807, 2.05) is 0 Å². The van der Waals surface area contributed by atoms with Crippen molar-refractivity contribution in [3.05, 3.63) is 17.8 Å². The fourth-order valence-corrected chi connectivity index (χ4v) is 1.91. The van der Waals surface area contributed by atoms with Crippen molar-refractivity contribution in [2.75, 3.05) is 39.8 Å². The summed E-state index contributed by atoms with van der Waals surface area (Å²) in [6.07, 6.45) is 2.29. The summed E-state index contributed by atoms with van der Waals surface area (Å²) >= 11 is 0. The van der Waals surface area contributed by atoms with Gasteiger partial charge in [-0.3, -0.25) is 4.79 Å². The highest BCUT2D eigenvalue weighted by Crippen LogP contribution is 2.07. The van der Waals surface area contributed by atoms with Crippen molar-refractivity contribution < 1.29 is 9.21 Å². The van der Waals surface area contributed by atoms with Crippen molar-refractivity contribution in [2.24, 2.45) is 0 Å². The highest BCUT2D eigenvalue weighted by atomic mass is 16.4. The maximum atomic E-state index is 11.1. The van der Waals surface area contributed by atoms with Gasteiger partial charge in [0.1, 0.15) is 0 Å². The minimum atomic E-state index is -0.0663. The quantitative estimate of drug-likeness (QED) is 0.720. The molecule has 0 spiro atoms. The molecule has 1 aromatic rings. The predicted molar refractivity (Wildman–Crippen MR) is 64.1 cm³/mol. The number of carbonyl (C=O) groups is 1. The first-order valence-corrected chi connectivity index (χ1v) is 6.01. The van der Waals surface area contributed by atoms with Crippen LogP contribution in [0.1, 0.15) is 23.4 Å². The van der Waals surface area contributed by atoms with E-state index in [0.717, 1.165) is 39.1 Å². The van der Waals surface area contributed by atoms with Crippen molar-refractivity contribution in [3.8, 4) is 0 Å². The number of carbonyl (C=O) groups excluding carboxylic acids is 1. The highest BCUT2D eigenvalue weighted by molar-refractivity contribution is 5.90. The Balaban J connectivity index is 1.79. The minimum absolute atomic E-state index is 0.0663.